The van der Waals surface area contributed by atoms with Gasteiger partial charge in [0, 0.05) is 42.4 Å². The number of benzene rings is 1. The minimum atomic E-state index is -0.103. The Kier molecular flexibility index (Phi) is 6.60. The first-order valence-corrected chi connectivity index (χ1v) is 11.0. The first-order valence-electron chi connectivity index (χ1n) is 10.2. The normalized spacial score (nSPS) is 13.2. The Hall–Kier alpha value is -3.53. The van der Waals surface area contributed by atoms with Gasteiger partial charge in [-0.3, -0.25) is 9.89 Å². The van der Waals surface area contributed by atoms with E-state index >= 15 is 0 Å². The molecular weight excluding hydrogens is 426 g/mol. The van der Waals surface area contributed by atoms with Gasteiger partial charge >= 0.3 is 0 Å². The summed E-state index contributed by atoms with van der Waals surface area (Å²) >= 11 is 1.44. The molecule has 0 spiro atoms. The minimum Gasteiger partial charge on any atom is -0.490 e. The molecule has 1 aromatic carbocycles. The molecular formula is C22H25N7O2S. The molecule has 166 valence electrons. The summed E-state index contributed by atoms with van der Waals surface area (Å²) in [4.78, 5) is 23.9. The summed E-state index contributed by atoms with van der Waals surface area (Å²) in [5.41, 5.74) is 1.69. The molecule has 0 fully saturated rings. The van der Waals surface area contributed by atoms with Crippen LogP contribution in [0.15, 0.2) is 52.5 Å². The third-order valence-corrected chi connectivity index (χ3v) is 5.60. The smallest absolute Gasteiger partial charge is 0.221 e. The number of hydrogen-bond donors (Lipinski definition) is 3. The van der Waals surface area contributed by atoms with Crippen LogP contribution in [0, 0.1) is 6.92 Å². The van der Waals surface area contributed by atoms with Crippen molar-refractivity contribution in [3.63, 3.8) is 0 Å². The Morgan fingerprint density at radius 1 is 1.22 bits per heavy atom. The highest BCUT2D eigenvalue weighted by Gasteiger charge is 2.22. The monoisotopic (exact) mass is 451 g/mol. The number of nitrogens with zero attached hydrogens (tertiary/aromatic N) is 4. The predicted octanol–water partition coefficient (Wildman–Crippen LogP) is 4.14. The lowest BCUT2D eigenvalue weighted by atomic mass is 10.2. The molecule has 0 unspecified atom stereocenters. The number of aryl methyl sites for hydroxylation is 1. The highest BCUT2D eigenvalue weighted by atomic mass is 32.2. The molecule has 0 bridgehead atoms. The fraction of sp³-hybridized carbons (Fsp3) is 0.273. The van der Waals surface area contributed by atoms with Crippen LogP contribution in [0.1, 0.15) is 19.0 Å². The van der Waals surface area contributed by atoms with Crippen LogP contribution < -0.4 is 20.3 Å². The number of nitrogens with one attached hydrogen (secondary N) is 3. The number of aromatic amines is 1. The minimum absolute atomic E-state index is 0.103. The van der Waals surface area contributed by atoms with Gasteiger partial charge in [-0.25, -0.2) is 9.97 Å². The number of ether oxygens (including phenoxy) is 1. The second-order valence-corrected chi connectivity index (χ2v) is 8.33. The number of carbonyl (C=O) groups excluding carboxylic acids is 1. The highest BCUT2D eigenvalue weighted by Crippen LogP contribution is 2.38. The predicted molar refractivity (Wildman–Crippen MR) is 126 cm³/mol. The van der Waals surface area contributed by atoms with Crippen LogP contribution in [0.2, 0.25) is 0 Å². The van der Waals surface area contributed by atoms with E-state index in [9.17, 15) is 4.79 Å². The van der Waals surface area contributed by atoms with E-state index in [-0.39, 0.29) is 5.91 Å². The summed E-state index contributed by atoms with van der Waals surface area (Å²) in [6, 6.07) is 9.47. The number of methoxy groups -OCH3 is 1. The average Bonchev–Trinajstić information content (AvgIpc) is 3.19. The Morgan fingerprint density at radius 2 is 2.03 bits per heavy atom. The van der Waals surface area contributed by atoms with E-state index in [1.54, 1.807) is 7.11 Å². The lowest BCUT2D eigenvalue weighted by Gasteiger charge is -2.27. The quantitative estimate of drug-likeness (QED) is 0.363. The van der Waals surface area contributed by atoms with Crippen molar-refractivity contribution < 1.29 is 9.53 Å². The van der Waals surface area contributed by atoms with Gasteiger partial charge in [0.25, 0.3) is 0 Å². The van der Waals surface area contributed by atoms with Gasteiger partial charge in [-0.1, -0.05) is 12.2 Å². The van der Waals surface area contributed by atoms with E-state index in [0.717, 1.165) is 41.6 Å². The summed E-state index contributed by atoms with van der Waals surface area (Å²) in [6.45, 7) is 5.03. The molecule has 3 aromatic rings. The van der Waals surface area contributed by atoms with Crippen LogP contribution in [0.5, 0.6) is 5.75 Å². The second-order valence-electron chi connectivity index (χ2n) is 7.29. The standard InChI is InChI=1S/C22H25N7O2S/c1-14-13-18(28-27-14)24-20-19(31-3)21(29-11-5-4-6-12-29)26-22(25-20)32-17-9-7-16(8-10-17)23-15(2)30/h4-5,7-10,13H,6,11-12H2,1-3H3,(H,23,30)(H2,24,25,26,27,28). The maximum absolute atomic E-state index is 11.3. The fourth-order valence-corrected chi connectivity index (χ4v) is 4.06. The molecule has 3 N–H and O–H groups in total. The Balaban J connectivity index is 1.68. The van der Waals surface area contributed by atoms with Gasteiger partial charge < -0.3 is 20.3 Å². The van der Waals surface area contributed by atoms with E-state index in [4.69, 9.17) is 14.7 Å². The maximum atomic E-state index is 11.3. The third-order valence-electron chi connectivity index (χ3n) is 4.73. The molecule has 0 aliphatic carbocycles. The van der Waals surface area contributed by atoms with Crippen molar-refractivity contribution in [2.75, 3.05) is 35.7 Å². The molecule has 4 rings (SSSR count). The maximum Gasteiger partial charge on any atom is 0.221 e. The first kappa shape index (κ1) is 21.7. The third kappa shape index (κ3) is 5.20. The van der Waals surface area contributed by atoms with Crippen molar-refractivity contribution in [2.45, 2.75) is 30.3 Å². The van der Waals surface area contributed by atoms with Crippen LogP contribution in [0.25, 0.3) is 0 Å². The molecule has 10 heteroatoms. The van der Waals surface area contributed by atoms with Crippen molar-refractivity contribution in [1.82, 2.24) is 20.2 Å². The highest BCUT2D eigenvalue weighted by molar-refractivity contribution is 7.99. The van der Waals surface area contributed by atoms with Gasteiger partial charge in [-0.2, -0.15) is 5.10 Å². The molecule has 1 aliphatic heterocycles. The van der Waals surface area contributed by atoms with Crippen molar-refractivity contribution in [3.8, 4) is 5.75 Å². The van der Waals surface area contributed by atoms with E-state index in [1.165, 1.54) is 18.7 Å². The lowest BCUT2D eigenvalue weighted by molar-refractivity contribution is -0.114. The van der Waals surface area contributed by atoms with Crippen LogP contribution in [0.4, 0.5) is 23.1 Å². The number of anilines is 4. The molecule has 1 amide bonds. The number of hydrogen-bond acceptors (Lipinski definition) is 8. The fourth-order valence-electron chi connectivity index (χ4n) is 3.30. The number of amides is 1. The Labute approximate surface area is 190 Å². The average molecular weight is 452 g/mol. The molecule has 2 aromatic heterocycles. The molecule has 0 saturated carbocycles. The van der Waals surface area contributed by atoms with Gasteiger partial charge in [0.1, 0.15) is 0 Å². The molecule has 0 radical (unpaired) electrons. The molecule has 0 saturated heterocycles. The molecule has 32 heavy (non-hydrogen) atoms. The van der Waals surface area contributed by atoms with Crippen molar-refractivity contribution in [2.24, 2.45) is 0 Å². The summed E-state index contributed by atoms with van der Waals surface area (Å²) in [5, 5.41) is 13.8. The molecule has 1 aliphatic rings. The Bertz CT molecular complexity index is 1130. The number of rotatable bonds is 7. The summed E-state index contributed by atoms with van der Waals surface area (Å²) in [5.74, 6) is 2.41. The van der Waals surface area contributed by atoms with Crippen LogP contribution in [-0.2, 0) is 4.79 Å². The van der Waals surface area contributed by atoms with E-state index in [1.807, 2.05) is 37.3 Å². The zero-order valence-corrected chi connectivity index (χ0v) is 19.0. The van der Waals surface area contributed by atoms with Crippen LogP contribution in [-0.4, -0.2) is 46.3 Å². The van der Waals surface area contributed by atoms with Gasteiger partial charge in [-0.05, 0) is 49.4 Å². The van der Waals surface area contributed by atoms with Crippen LogP contribution in [0.3, 0.4) is 0 Å². The van der Waals surface area contributed by atoms with E-state index < -0.39 is 0 Å². The largest absolute Gasteiger partial charge is 0.490 e. The van der Waals surface area contributed by atoms with Gasteiger partial charge in [-0.15, -0.1) is 0 Å². The van der Waals surface area contributed by atoms with E-state index in [0.29, 0.717) is 22.5 Å². The summed E-state index contributed by atoms with van der Waals surface area (Å²) in [7, 11) is 1.62. The number of H-pyrrole nitrogens is 1. The van der Waals surface area contributed by atoms with Gasteiger partial charge in [0.05, 0.1) is 7.11 Å². The number of carbonyl (C=O) groups is 1. The first-order chi connectivity index (χ1) is 15.5. The van der Waals surface area contributed by atoms with Crippen molar-refractivity contribution in [3.05, 3.63) is 48.2 Å². The summed E-state index contributed by atoms with van der Waals surface area (Å²) in [6.07, 6.45) is 5.24. The second kappa shape index (κ2) is 9.73. The topological polar surface area (TPSA) is 108 Å². The molecule has 0 atom stereocenters. The van der Waals surface area contributed by atoms with Gasteiger partial charge in [0.2, 0.25) is 11.7 Å². The molecule has 9 nitrogen and oxygen atoms in total. The lowest BCUT2D eigenvalue weighted by Crippen LogP contribution is -2.28. The Morgan fingerprint density at radius 3 is 2.66 bits per heavy atom. The molecule has 3 heterocycles. The summed E-state index contributed by atoms with van der Waals surface area (Å²) < 4.78 is 5.73. The SMILES string of the molecule is COc1c(Nc2cc(C)[nH]n2)nc(Sc2ccc(NC(C)=O)cc2)nc1N1CC=CCC1. The van der Waals surface area contributed by atoms with Crippen molar-refractivity contribution in [1.29, 1.82) is 0 Å². The zero-order valence-electron chi connectivity index (χ0n) is 18.2. The zero-order chi connectivity index (χ0) is 22.5. The number of aromatic nitrogens is 4. The van der Waals surface area contributed by atoms with E-state index in [2.05, 4.69) is 37.9 Å². The van der Waals surface area contributed by atoms with Crippen molar-refractivity contribution >= 4 is 40.8 Å². The van der Waals surface area contributed by atoms with Gasteiger partial charge in [0.15, 0.2) is 22.6 Å². The van der Waals surface area contributed by atoms with Crippen LogP contribution >= 0.6 is 11.8 Å².